The number of likely N-dealkylation sites (tertiary alicyclic amines) is 1. The number of primary amides is 1. The van der Waals surface area contributed by atoms with Crippen LogP contribution in [0.4, 0.5) is 4.79 Å². The second-order valence-electron chi connectivity index (χ2n) is 7.73. The number of nitrogens with two attached hydrogens (primary N) is 1. The van der Waals surface area contributed by atoms with E-state index < -0.39 is 12.1 Å². The molecule has 3 amide bonds. The highest BCUT2D eigenvalue weighted by Crippen LogP contribution is 2.29. The number of rotatable bonds is 6. The van der Waals surface area contributed by atoms with Crippen molar-refractivity contribution in [3.05, 3.63) is 60.2 Å². The number of benzene rings is 2. The van der Waals surface area contributed by atoms with Crippen LogP contribution in [-0.2, 0) is 4.79 Å². The van der Waals surface area contributed by atoms with Gasteiger partial charge in [-0.3, -0.25) is 4.79 Å². The Morgan fingerprint density at radius 2 is 1.73 bits per heavy atom. The molecule has 2 aliphatic heterocycles. The predicted molar refractivity (Wildman–Crippen MR) is 117 cm³/mol. The van der Waals surface area contributed by atoms with Gasteiger partial charge in [-0.25, -0.2) is 4.79 Å². The maximum absolute atomic E-state index is 12.9. The van der Waals surface area contributed by atoms with Gasteiger partial charge in [-0.15, -0.1) is 12.4 Å². The van der Waals surface area contributed by atoms with Crippen molar-refractivity contribution in [2.45, 2.75) is 12.5 Å². The molecule has 0 bridgehead atoms. The van der Waals surface area contributed by atoms with Crippen molar-refractivity contribution in [3.63, 3.8) is 0 Å². The summed E-state index contributed by atoms with van der Waals surface area (Å²) >= 11 is 0. The van der Waals surface area contributed by atoms with Gasteiger partial charge in [-0.1, -0.05) is 30.3 Å². The standard InChI is InChI=1S/C22H26N4O3.ClH/c23-22(28)25-20(10-21(27)26-13-16-11-24-12-17(16)14-26)15-5-4-8-19(9-15)29-18-6-2-1-3-7-18;/h1-9,16-17,20,24H,10-14H2,(H3,23,25,28);1H/t16-,17+,20?;. The molecule has 4 N–H and O–H groups in total. The number of halogens is 1. The van der Waals surface area contributed by atoms with Crippen molar-refractivity contribution in [1.29, 1.82) is 0 Å². The number of nitrogens with one attached hydrogen (secondary N) is 2. The van der Waals surface area contributed by atoms with Gasteiger partial charge in [0.25, 0.3) is 0 Å². The average Bonchev–Trinajstić information content (AvgIpc) is 3.30. The van der Waals surface area contributed by atoms with Gasteiger partial charge in [0.05, 0.1) is 12.5 Å². The largest absolute Gasteiger partial charge is 0.457 e. The number of urea groups is 1. The van der Waals surface area contributed by atoms with Crippen LogP contribution < -0.4 is 21.1 Å². The molecule has 4 rings (SSSR count). The molecule has 3 atom stereocenters. The Kier molecular flexibility index (Phi) is 7.18. The molecule has 2 aliphatic rings. The van der Waals surface area contributed by atoms with Gasteiger partial charge in [0.15, 0.2) is 0 Å². The monoisotopic (exact) mass is 430 g/mol. The van der Waals surface area contributed by atoms with E-state index in [4.69, 9.17) is 10.5 Å². The second kappa shape index (κ2) is 9.82. The fourth-order valence-corrected chi connectivity index (χ4v) is 4.21. The molecular formula is C22H27ClN4O3. The minimum absolute atomic E-state index is 0. The molecule has 2 saturated heterocycles. The first kappa shape index (κ1) is 21.9. The molecule has 2 heterocycles. The summed E-state index contributed by atoms with van der Waals surface area (Å²) in [6.45, 7) is 3.49. The van der Waals surface area contributed by atoms with Gasteiger partial charge in [0.1, 0.15) is 11.5 Å². The minimum Gasteiger partial charge on any atom is -0.457 e. The van der Waals surface area contributed by atoms with Crippen molar-refractivity contribution in [2.24, 2.45) is 17.6 Å². The molecule has 2 aromatic carbocycles. The number of amides is 3. The Labute approximate surface area is 182 Å². The lowest BCUT2D eigenvalue weighted by molar-refractivity contribution is -0.130. The maximum Gasteiger partial charge on any atom is 0.312 e. The van der Waals surface area contributed by atoms with Crippen LogP contribution in [0.1, 0.15) is 18.0 Å². The van der Waals surface area contributed by atoms with Crippen LogP contribution >= 0.6 is 12.4 Å². The number of carbonyl (C=O) groups excluding carboxylic acids is 2. The van der Waals surface area contributed by atoms with Gasteiger partial charge < -0.3 is 26.0 Å². The zero-order chi connectivity index (χ0) is 20.2. The van der Waals surface area contributed by atoms with Crippen LogP contribution in [0.5, 0.6) is 11.5 Å². The minimum atomic E-state index is -0.653. The first-order valence-electron chi connectivity index (χ1n) is 9.96. The Hall–Kier alpha value is -2.77. The van der Waals surface area contributed by atoms with Crippen LogP contribution in [0, 0.1) is 11.8 Å². The van der Waals surface area contributed by atoms with Gasteiger partial charge >= 0.3 is 6.03 Å². The summed E-state index contributed by atoms with van der Waals surface area (Å²) in [5.74, 6) is 2.46. The second-order valence-corrected chi connectivity index (χ2v) is 7.73. The van der Waals surface area contributed by atoms with Crippen molar-refractivity contribution >= 4 is 24.3 Å². The van der Waals surface area contributed by atoms with E-state index in [-0.39, 0.29) is 24.7 Å². The Morgan fingerprint density at radius 1 is 1.07 bits per heavy atom. The molecule has 0 radical (unpaired) electrons. The number of para-hydroxylation sites is 1. The van der Waals surface area contributed by atoms with Crippen molar-refractivity contribution in [2.75, 3.05) is 26.2 Å². The van der Waals surface area contributed by atoms with Crippen LogP contribution in [0.2, 0.25) is 0 Å². The summed E-state index contributed by atoms with van der Waals surface area (Å²) in [6.07, 6.45) is 0.171. The molecule has 0 saturated carbocycles. The van der Waals surface area contributed by atoms with Crippen LogP contribution in [-0.4, -0.2) is 43.0 Å². The van der Waals surface area contributed by atoms with E-state index in [9.17, 15) is 9.59 Å². The Balaban J connectivity index is 0.00000256. The normalized spacial score (nSPS) is 20.7. The van der Waals surface area contributed by atoms with Crippen molar-refractivity contribution in [1.82, 2.24) is 15.5 Å². The van der Waals surface area contributed by atoms with E-state index in [0.29, 0.717) is 17.6 Å². The van der Waals surface area contributed by atoms with Gasteiger partial charge in [-0.2, -0.15) is 0 Å². The lowest BCUT2D eigenvalue weighted by Crippen LogP contribution is -2.38. The zero-order valence-corrected chi connectivity index (χ0v) is 17.4. The van der Waals surface area contributed by atoms with E-state index in [1.807, 2.05) is 59.5 Å². The number of hydrogen-bond acceptors (Lipinski definition) is 4. The quantitative estimate of drug-likeness (QED) is 0.656. The number of fused-ring (bicyclic) bond motifs is 1. The van der Waals surface area contributed by atoms with Crippen molar-refractivity contribution < 1.29 is 14.3 Å². The van der Waals surface area contributed by atoms with Gasteiger partial charge in [-0.05, 0) is 41.7 Å². The highest BCUT2D eigenvalue weighted by atomic mass is 35.5. The summed E-state index contributed by atoms with van der Waals surface area (Å²) in [5, 5.41) is 6.09. The molecule has 2 fully saturated rings. The summed E-state index contributed by atoms with van der Waals surface area (Å²) in [5.41, 5.74) is 6.17. The van der Waals surface area contributed by atoms with Crippen LogP contribution in [0.3, 0.4) is 0 Å². The van der Waals surface area contributed by atoms with E-state index in [2.05, 4.69) is 10.6 Å². The lowest BCUT2D eigenvalue weighted by Gasteiger charge is -2.23. The number of nitrogens with zero attached hydrogens (tertiary/aromatic N) is 1. The average molecular weight is 431 g/mol. The molecule has 0 aliphatic carbocycles. The van der Waals surface area contributed by atoms with E-state index in [0.717, 1.165) is 37.5 Å². The fraction of sp³-hybridized carbons (Fsp3) is 0.364. The molecule has 1 unspecified atom stereocenters. The molecule has 2 aromatic rings. The number of ether oxygens (including phenoxy) is 1. The Bertz CT molecular complexity index is 868. The highest BCUT2D eigenvalue weighted by molar-refractivity contribution is 5.85. The highest BCUT2D eigenvalue weighted by Gasteiger charge is 2.38. The fourth-order valence-electron chi connectivity index (χ4n) is 4.21. The number of hydrogen-bond donors (Lipinski definition) is 3. The first-order chi connectivity index (χ1) is 14.1. The summed E-state index contributed by atoms with van der Waals surface area (Å²) in [6, 6.07) is 15.7. The molecular weight excluding hydrogens is 404 g/mol. The third kappa shape index (κ3) is 5.23. The first-order valence-corrected chi connectivity index (χ1v) is 9.96. The van der Waals surface area contributed by atoms with E-state index in [1.54, 1.807) is 0 Å². The zero-order valence-electron chi connectivity index (χ0n) is 16.6. The summed E-state index contributed by atoms with van der Waals surface area (Å²) < 4.78 is 5.88. The third-order valence-electron chi connectivity index (χ3n) is 5.68. The molecule has 0 spiro atoms. The van der Waals surface area contributed by atoms with E-state index >= 15 is 0 Å². The number of carbonyl (C=O) groups is 2. The lowest BCUT2D eigenvalue weighted by atomic mass is 10.0. The molecule has 30 heavy (non-hydrogen) atoms. The van der Waals surface area contributed by atoms with Gasteiger partial charge in [0, 0.05) is 26.2 Å². The third-order valence-corrected chi connectivity index (χ3v) is 5.68. The van der Waals surface area contributed by atoms with Gasteiger partial charge in [0.2, 0.25) is 5.91 Å². The van der Waals surface area contributed by atoms with Crippen molar-refractivity contribution in [3.8, 4) is 11.5 Å². The van der Waals surface area contributed by atoms with E-state index in [1.165, 1.54) is 0 Å². The summed E-state index contributed by atoms with van der Waals surface area (Å²) in [4.78, 5) is 26.4. The topological polar surface area (TPSA) is 96.7 Å². The molecule has 0 aromatic heterocycles. The van der Waals surface area contributed by atoms with Crippen LogP contribution in [0.25, 0.3) is 0 Å². The molecule has 160 valence electrons. The Morgan fingerprint density at radius 3 is 2.40 bits per heavy atom. The molecule has 7 nitrogen and oxygen atoms in total. The SMILES string of the molecule is Cl.NC(=O)NC(CC(=O)N1C[C@H]2CNC[C@H]2C1)c1cccc(Oc2ccccc2)c1. The summed E-state index contributed by atoms with van der Waals surface area (Å²) in [7, 11) is 0. The smallest absolute Gasteiger partial charge is 0.312 e. The van der Waals surface area contributed by atoms with Crippen LogP contribution in [0.15, 0.2) is 54.6 Å². The maximum atomic E-state index is 12.9. The molecule has 8 heteroatoms. The predicted octanol–water partition coefficient (Wildman–Crippen LogP) is 2.68.